The summed E-state index contributed by atoms with van der Waals surface area (Å²) in [6, 6.07) is -1.18. The molecule has 0 heterocycles. The number of nitrogens with one attached hydrogen (secondary N) is 5. The minimum Gasteiger partial charge on any atom is -0.481 e. The largest absolute Gasteiger partial charge is 0.481 e. The van der Waals surface area contributed by atoms with Crippen LogP contribution in [0.4, 0.5) is 0 Å². The Balaban J connectivity index is 4.13. The van der Waals surface area contributed by atoms with Crippen LogP contribution in [0, 0.1) is 23.2 Å². The van der Waals surface area contributed by atoms with Gasteiger partial charge in [-0.3, -0.25) is 67.1 Å². The molecule has 9 N–H and O–H groups in total. The van der Waals surface area contributed by atoms with Gasteiger partial charge in [0.05, 0.1) is 72.0 Å². The summed E-state index contributed by atoms with van der Waals surface area (Å²) in [5.41, 5.74) is -0.668. The third-order valence-electron chi connectivity index (χ3n) is 19.4. The molecule has 0 aliphatic rings. The van der Waals surface area contributed by atoms with Gasteiger partial charge >= 0.3 is 23.9 Å². The number of carboxylic acid groups (broad SMARTS) is 4. The number of Topliss-reactive ketones (excluding diaryl/α,β-unsaturated/α-hetero) is 6. The molecule has 117 heavy (non-hydrogen) atoms. The molecule has 5 amide bonds. The number of unbranched alkanes of at least 4 members (excludes halogenated alkanes) is 20. The fraction of sp³-hybridized carbons (Fsp3) is 0.824. The van der Waals surface area contributed by atoms with E-state index in [-0.39, 0.29) is 247 Å². The fourth-order valence-corrected chi connectivity index (χ4v) is 12.3. The second-order valence-electron chi connectivity index (χ2n) is 31.1. The highest BCUT2D eigenvalue weighted by molar-refractivity contribution is 5.93. The van der Waals surface area contributed by atoms with Crippen molar-refractivity contribution in [2.75, 3.05) is 132 Å². The van der Waals surface area contributed by atoms with E-state index in [1.54, 1.807) is 20.8 Å². The summed E-state index contributed by atoms with van der Waals surface area (Å²) < 4.78 is 43.6. The first-order valence-electron chi connectivity index (χ1n) is 43.1. The highest BCUT2D eigenvalue weighted by Gasteiger charge is 2.31. The van der Waals surface area contributed by atoms with Crippen molar-refractivity contribution in [3.63, 3.8) is 0 Å². The Morgan fingerprint density at radius 3 is 1.04 bits per heavy atom. The van der Waals surface area contributed by atoms with E-state index < -0.39 is 53.1 Å². The van der Waals surface area contributed by atoms with E-state index in [1.165, 1.54) is 6.92 Å². The lowest BCUT2D eigenvalue weighted by Gasteiger charge is -2.23. The Morgan fingerprint density at radius 1 is 0.282 bits per heavy atom. The van der Waals surface area contributed by atoms with Crippen molar-refractivity contribution >= 4 is 88.1 Å². The van der Waals surface area contributed by atoms with Crippen LogP contribution in [0.5, 0.6) is 0 Å². The van der Waals surface area contributed by atoms with Crippen molar-refractivity contribution in [3.8, 4) is 0 Å². The smallest absolute Gasteiger partial charge is 0.326 e. The first-order valence-corrected chi connectivity index (χ1v) is 43.1. The molecule has 0 radical (unpaired) electrons. The van der Waals surface area contributed by atoms with Gasteiger partial charge in [0.25, 0.3) is 0 Å². The van der Waals surface area contributed by atoms with Crippen molar-refractivity contribution in [2.45, 2.75) is 297 Å². The quantitative estimate of drug-likeness (QED) is 0.0256. The number of ketones is 6. The van der Waals surface area contributed by atoms with Crippen LogP contribution in [0.1, 0.15) is 291 Å². The van der Waals surface area contributed by atoms with Crippen molar-refractivity contribution < 1.29 is 130 Å². The zero-order chi connectivity index (χ0) is 86.8. The summed E-state index contributed by atoms with van der Waals surface area (Å²) in [6.07, 6.45) is 24.3. The SMILES string of the molecule is CC(=O)[C@H](CCCCNC(=O)COCCOCCCC(=O)COCCOCCNC(=O)CC[C@H](CC(=O)CCCCCCCCCCCCC(=O)O)C(=O)O)CC(=O)[C@H](CCCCNC(=O)COCCOCCCC(=O)COCCOCCNC(=O)CC[C@H](NC(=O)CCCCCCCCCCCCC(=O)O)C(=O)O)CC(=O)C(C)(C)C. The molecule has 0 saturated carbocycles. The van der Waals surface area contributed by atoms with Crippen LogP contribution in [-0.4, -0.2) is 246 Å². The number of carbonyl (C=O) groups excluding carboxylic acids is 11. The van der Waals surface area contributed by atoms with Gasteiger partial charge in [-0.1, -0.05) is 136 Å². The van der Waals surface area contributed by atoms with Crippen LogP contribution in [0.15, 0.2) is 0 Å². The zero-order valence-corrected chi connectivity index (χ0v) is 71.1. The number of aliphatic carboxylic acids is 4. The molecule has 4 atom stereocenters. The van der Waals surface area contributed by atoms with Gasteiger partial charge in [-0.2, -0.15) is 0 Å². The number of ether oxygens (including phenoxy) is 8. The van der Waals surface area contributed by atoms with Crippen LogP contribution in [0.25, 0.3) is 0 Å². The van der Waals surface area contributed by atoms with Gasteiger partial charge in [-0.15, -0.1) is 0 Å². The molecule has 32 heteroatoms. The van der Waals surface area contributed by atoms with E-state index in [1.807, 2.05) is 0 Å². The van der Waals surface area contributed by atoms with Gasteiger partial charge in [0.2, 0.25) is 29.5 Å². The second-order valence-corrected chi connectivity index (χ2v) is 31.1. The molecular formula is C85H147N5O27. The summed E-state index contributed by atoms with van der Waals surface area (Å²) in [7, 11) is 0. The monoisotopic (exact) mass is 1670 g/mol. The number of carbonyl (C=O) groups is 15. The molecular weight excluding hydrogens is 1520 g/mol. The maximum Gasteiger partial charge on any atom is 0.326 e. The first-order chi connectivity index (χ1) is 56.1. The third-order valence-corrected chi connectivity index (χ3v) is 19.4. The Bertz CT molecular complexity index is 2780. The number of rotatable bonds is 87. The van der Waals surface area contributed by atoms with E-state index in [9.17, 15) is 82.1 Å². The lowest BCUT2D eigenvalue weighted by molar-refractivity contribution is -0.144. The van der Waals surface area contributed by atoms with E-state index in [4.69, 9.17) is 48.1 Å². The van der Waals surface area contributed by atoms with Gasteiger partial charge in [-0.25, -0.2) is 4.79 Å². The highest BCUT2D eigenvalue weighted by atomic mass is 16.5. The van der Waals surface area contributed by atoms with Crippen molar-refractivity contribution in [1.29, 1.82) is 0 Å². The van der Waals surface area contributed by atoms with Gasteiger partial charge in [0.1, 0.15) is 55.6 Å². The molecule has 0 saturated heterocycles. The molecule has 0 aromatic carbocycles. The minimum absolute atomic E-state index is 0.00303. The highest BCUT2D eigenvalue weighted by Crippen LogP contribution is 2.27. The zero-order valence-electron chi connectivity index (χ0n) is 71.1. The van der Waals surface area contributed by atoms with Gasteiger partial charge in [-0.05, 0) is 84.0 Å². The number of hydrogen-bond acceptors (Lipinski definition) is 23. The normalized spacial score (nSPS) is 12.4. The van der Waals surface area contributed by atoms with E-state index in [0.29, 0.717) is 110 Å². The van der Waals surface area contributed by atoms with E-state index >= 15 is 0 Å². The average Bonchev–Trinajstić information content (AvgIpc) is 0.880. The topological polar surface area (TPSA) is 471 Å². The maximum atomic E-state index is 13.8. The third kappa shape index (κ3) is 72.7. The summed E-state index contributed by atoms with van der Waals surface area (Å²) in [5, 5.41) is 50.0. The molecule has 0 unspecified atom stereocenters. The Kier molecular flexibility index (Phi) is 70.6. The summed E-state index contributed by atoms with van der Waals surface area (Å²) >= 11 is 0. The molecule has 0 aromatic rings. The standard InChI is InChI=1S/C85H147N5O27/c1-66(91)67(31-25-27-43-86-79(100)64-116-57-51-110-47-29-34-71(93)62-114-55-53-112-49-45-88-76(97)41-39-69(83(106)107)59-70(92)33-21-17-13-9-5-7-11-15-19-23-37-81(102)103)60-74(95)68(61-75(96)85(2,3)4)32-26-28-44-87-80(101)65-117-58-52-111-48-30-35-72(94)63-115-56-54-113-50-46-89-77(98)42-40-73(84(108)109)90-78(99)36-22-18-14-10-6-8-12-16-20-24-38-82(104)105/h67-69,73H,5-65H2,1-4H3,(H,86,100)(H,87,101)(H,88,97)(H,89,98)(H,90,99)(H,102,103)(H,104,105)(H,106,107)(H,108,109)/t67-,68-,69-,73+/m1/s1. The predicted molar refractivity (Wildman–Crippen MR) is 436 cm³/mol. The van der Waals surface area contributed by atoms with Gasteiger partial charge in [0.15, 0.2) is 11.6 Å². The number of carboxylic acids is 4. The second kappa shape index (κ2) is 75.2. The fourth-order valence-electron chi connectivity index (χ4n) is 12.3. The maximum absolute atomic E-state index is 13.8. The van der Waals surface area contributed by atoms with Gasteiger partial charge in [0, 0.05) is 127 Å². The van der Waals surface area contributed by atoms with Crippen LogP contribution >= 0.6 is 0 Å². The van der Waals surface area contributed by atoms with Crippen molar-refractivity contribution in [2.24, 2.45) is 23.2 Å². The molecule has 32 nitrogen and oxygen atoms in total. The molecule has 0 spiro atoms. The van der Waals surface area contributed by atoms with E-state index in [2.05, 4.69) is 26.6 Å². The Hall–Kier alpha value is -7.07. The minimum atomic E-state index is -1.21. The van der Waals surface area contributed by atoms with Gasteiger partial charge < -0.3 is 84.9 Å². The van der Waals surface area contributed by atoms with Crippen LogP contribution in [-0.2, 0) is 110 Å². The molecule has 0 fully saturated rings. The van der Waals surface area contributed by atoms with Crippen molar-refractivity contribution in [1.82, 2.24) is 26.6 Å². The summed E-state index contributed by atoms with van der Waals surface area (Å²) in [4.78, 5) is 183. The molecule has 0 rings (SSSR count). The van der Waals surface area contributed by atoms with Crippen LogP contribution < -0.4 is 26.6 Å². The molecule has 0 aliphatic carbocycles. The molecule has 674 valence electrons. The predicted octanol–water partition coefficient (Wildman–Crippen LogP) is 9.73. The molecule has 0 bridgehead atoms. The number of amides is 5. The lowest BCUT2D eigenvalue weighted by atomic mass is 9.79. The van der Waals surface area contributed by atoms with E-state index in [0.717, 1.165) is 103 Å². The molecule has 0 aliphatic heterocycles. The average molecular weight is 1670 g/mol. The Labute approximate surface area is 694 Å². The summed E-state index contributed by atoms with van der Waals surface area (Å²) in [5.74, 6) is -8.35. The van der Waals surface area contributed by atoms with Crippen LogP contribution in [0.2, 0.25) is 0 Å². The van der Waals surface area contributed by atoms with Crippen LogP contribution in [0.3, 0.4) is 0 Å². The summed E-state index contributed by atoms with van der Waals surface area (Å²) in [6.45, 7) is 9.68. The number of hydrogen-bond donors (Lipinski definition) is 9. The lowest BCUT2D eigenvalue weighted by Crippen LogP contribution is -2.41. The first kappa shape index (κ1) is 110. The Morgan fingerprint density at radius 2 is 0.641 bits per heavy atom. The molecule has 0 aromatic heterocycles. The van der Waals surface area contributed by atoms with Crippen molar-refractivity contribution in [3.05, 3.63) is 0 Å².